The van der Waals surface area contributed by atoms with E-state index in [1.807, 2.05) is 0 Å². The summed E-state index contributed by atoms with van der Waals surface area (Å²) in [4.78, 5) is 0. The third kappa shape index (κ3) is 4.33. The SMILES string of the molecule is O=S(=O)(O)Cc1cc(I)c(I)c(I)c1I. The van der Waals surface area contributed by atoms with Crippen LogP contribution in [0.5, 0.6) is 0 Å². The molecule has 0 aromatic heterocycles. The van der Waals surface area contributed by atoms with Crippen molar-refractivity contribution in [1.29, 1.82) is 0 Å². The molecule has 0 aliphatic carbocycles. The first-order chi connectivity index (χ1) is 6.72. The summed E-state index contributed by atoms with van der Waals surface area (Å²) < 4.78 is 34.4. The molecule has 0 aliphatic rings. The Hall–Kier alpha value is 2.05. The number of hydrogen-bond acceptors (Lipinski definition) is 2. The monoisotopic (exact) mass is 676 g/mol. The van der Waals surface area contributed by atoms with Crippen LogP contribution >= 0.6 is 90.4 Å². The molecule has 1 N–H and O–H groups in total. The number of benzene rings is 1. The lowest BCUT2D eigenvalue weighted by molar-refractivity contribution is 0.482. The molecule has 1 rings (SSSR count). The smallest absolute Gasteiger partial charge is 0.269 e. The second-order valence-corrected chi connectivity index (χ2v) is 8.54. The van der Waals surface area contributed by atoms with Gasteiger partial charge in [-0.3, -0.25) is 4.55 Å². The van der Waals surface area contributed by atoms with Gasteiger partial charge in [-0.2, -0.15) is 8.42 Å². The molecule has 8 heteroatoms. The topological polar surface area (TPSA) is 54.4 Å². The first-order valence-electron chi connectivity index (χ1n) is 3.49. The maximum atomic E-state index is 10.8. The van der Waals surface area contributed by atoms with E-state index in [4.69, 9.17) is 4.55 Å². The molecular weight excluding hydrogens is 672 g/mol. The van der Waals surface area contributed by atoms with E-state index in [-0.39, 0.29) is 5.75 Å². The summed E-state index contributed by atoms with van der Waals surface area (Å²) in [5.74, 6) is -0.325. The third-order valence-corrected chi connectivity index (χ3v) is 9.57. The van der Waals surface area contributed by atoms with E-state index in [2.05, 4.69) is 90.4 Å². The van der Waals surface area contributed by atoms with Crippen molar-refractivity contribution >= 4 is 100 Å². The molecule has 0 aliphatic heterocycles. The van der Waals surface area contributed by atoms with Crippen LogP contribution in [0.3, 0.4) is 0 Å². The minimum Gasteiger partial charge on any atom is -0.285 e. The average Bonchev–Trinajstić information content (AvgIpc) is 2.08. The van der Waals surface area contributed by atoms with E-state index in [0.29, 0.717) is 5.56 Å². The highest BCUT2D eigenvalue weighted by Gasteiger charge is 2.15. The first kappa shape index (κ1) is 15.1. The van der Waals surface area contributed by atoms with Crippen molar-refractivity contribution in [3.63, 3.8) is 0 Å². The van der Waals surface area contributed by atoms with Crippen LogP contribution in [0.4, 0.5) is 0 Å². The maximum Gasteiger partial charge on any atom is 0.269 e. The molecule has 0 heterocycles. The Morgan fingerprint density at radius 3 is 2.07 bits per heavy atom. The van der Waals surface area contributed by atoms with Gasteiger partial charge < -0.3 is 0 Å². The Balaban J connectivity index is 3.33. The van der Waals surface area contributed by atoms with Gasteiger partial charge in [0.1, 0.15) is 5.75 Å². The van der Waals surface area contributed by atoms with Crippen LogP contribution in [0, 0.1) is 14.3 Å². The standard InChI is InChI=1S/C7H4I4O3S/c8-4-1-3(2-15(12,13)14)5(9)7(11)6(4)10/h1H,2H2,(H,12,13,14). The summed E-state index contributed by atoms with van der Waals surface area (Å²) in [5.41, 5.74) is 0.646. The van der Waals surface area contributed by atoms with E-state index in [9.17, 15) is 8.42 Å². The van der Waals surface area contributed by atoms with Crippen LogP contribution < -0.4 is 0 Å². The zero-order valence-electron chi connectivity index (χ0n) is 6.97. The van der Waals surface area contributed by atoms with Gasteiger partial charge in [-0.05, 0) is 102 Å². The molecule has 0 radical (unpaired) electrons. The van der Waals surface area contributed by atoms with Crippen molar-refractivity contribution in [2.24, 2.45) is 0 Å². The van der Waals surface area contributed by atoms with Crippen molar-refractivity contribution in [3.8, 4) is 0 Å². The largest absolute Gasteiger partial charge is 0.285 e. The van der Waals surface area contributed by atoms with Gasteiger partial charge in [0.05, 0.1) is 0 Å². The molecule has 15 heavy (non-hydrogen) atoms. The zero-order chi connectivity index (χ0) is 11.8. The molecule has 0 saturated carbocycles. The summed E-state index contributed by atoms with van der Waals surface area (Å²) in [6, 6.07) is 1.79. The highest BCUT2D eigenvalue weighted by molar-refractivity contribution is 14.1. The van der Waals surface area contributed by atoms with Gasteiger partial charge in [-0.1, -0.05) is 0 Å². The van der Waals surface area contributed by atoms with Gasteiger partial charge in [0, 0.05) is 14.3 Å². The Morgan fingerprint density at radius 1 is 1.07 bits per heavy atom. The van der Waals surface area contributed by atoms with Crippen molar-refractivity contribution < 1.29 is 13.0 Å². The second-order valence-electron chi connectivity index (χ2n) is 2.69. The molecular formula is C7H4I4O3S. The summed E-state index contributed by atoms with van der Waals surface area (Å²) in [7, 11) is -3.96. The van der Waals surface area contributed by atoms with Crippen molar-refractivity contribution in [2.75, 3.05) is 0 Å². The highest BCUT2D eigenvalue weighted by atomic mass is 127. The van der Waals surface area contributed by atoms with Crippen LogP contribution in [-0.2, 0) is 15.9 Å². The van der Waals surface area contributed by atoms with Crippen LogP contribution in [0.2, 0.25) is 0 Å². The Kier molecular flexibility index (Phi) is 5.84. The second kappa shape index (κ2) is 5.79. The summed E-state index contributed by atoms with van der Waals surface area (Å²) in [5, 5.41) is 0. The third-order valence-electron chi connectivity index (χ3n) is 1.52. The Bertz CT molecular complexity index is 497. The lowest BCUT2D eigenvalue weighted by atomic mass is 10.2. The fraction of sp³-hybridized carbons (Fsp3) is 0.143. The molecule has 84 valence electrons. The van der Waals surface area contributed by atoms with Crippen molar-refractivity contribution in [1.82, 2.24) is 0 Å². The Morgan fingerprint density at radius 2 is 1.60 bits per heavy atom. The lowest BCUT2D eigenvalue weighted by Gasteiger charge is -2.08. The molecule has 0 spiro atoms. The fourth-order valence-electron chi connectivity index (χ4n) is 0.923. The molecule has 1 aromatic carbocycles. The Labute approximate surface area is 142 Å². The van der Waals surface area contributed by atoms with Gasteiger partial charge in [0.15, 0.2) is 0 Å². The molecule has 0 saturated heterocycles. The molecule has 0 atom stereocenters. The van der Waals surface area contributed by atoms with E-state index >= 15 is 0 Å². The molecule has 0 amide bonds. The van der Waals surface area contributed by atoms with Crippen LogP contribution in [0.15, 0.2) is 6.07 Å². The van der Waals surface area contributed by atoms with Crippen LogP contribution in [0.1, 0.15) is 5.56 Å². The predicted octanol–water partition coefficient (Wildman–Crippen LogP) is 3.49. The lowest BCUT2D eigenvalue weighted by Crippen LogP contribution is -2.06. The first-order valence-corrected chi connectivity index (χ1v) is 9.42. The van der Waals surface area contributed by atoms with Crippen molar-refractivity contribution in [2.45, 2.75) is 5.75 Å². The maximum absolute atomic E-state index is 10.8. The molecule has 1 aromatic rings. The minimum atomic E-state index is -3.96. The number of hydrogen-bond donors (Lipinski definition) is 1. The van der Waals surface area contributed by atoms with Crippen LogP contribution in [0.25, 0.3) is 0 Å². The van der Waals surface area contributed by atoms with E-state index in [1.54, 1.807) is 6.07 Å². The average molecular weight is 676 g/mol. The highest BCUT2D eigenvalue weighted by Crippen LogP contribution is 2.29. The van der Waals surface area contributed by atoms with Crippen LogP contribution in [-0.4, -0.2) is 13.0 Å². The van der Waals surface area contributed by atoms with Gasteiger partial charge >= 0.3 is 0 Å². The molecule has 3 nitrogen and oxygen atoms in total. The summed E-state index contributed by atoms with van der Waals surface area (Å²) >= 11 is 8.64. The van der Waals surface area contributed by atoms with Gasteiger partial charge in [-0.25, -0.2) is 0 Å². The summed E-state index contributed by atoms with van der Waals surface area (Å²) in [6.45, 7) is 0. The van der Waals surface area contributed by atoms with E-state index in [1.165, 1.54) is 0 Å². The van der Waals surface area contributed by atoms with Gasteiger partial charge in [0.25, 0.3) is 10.1 Å². The van der Waals surface area contributed by atoms with Crippen molar-refractivity contribution in [3.05, 3.63) is 25.9 Å². The molecule has 0 bridgehead atoms. The zero-order valence-corrected chi connectivity index (χ0v) is 16.4. The molecule has 0 fully saturated rings. The fourth-order valence-corrected chi connectivity index (χ4v) is 5.16. The van der Waals surface area contributed by atoms with E-state index < -0.39 is 10.1 Å². The van der Waals surface area contributed by atoms with Gasteiger partial charge in [-0.15, -0.1) is 0 Å². The summed E-state index contributed by atoms with van der Waals surface area (Å²) in [6.07, 6.45) is 0. The molecule has 0 unspecified atom stereocenters. The predicted molar refractivity (Wildman–Crippen MR) is 92.6 cm³/mol. The minimum absolute atomic E-state index is 0.325. The number of halogens is 4. The normalized spacial score (nSPS) is 11.8. The quantitative estimate of drug-likeness (QED) is 0.226. The van der Waals surface area contributed by atoms with E-state index in [0.717, 1.165) is 14.3 Å². The van der Waals surface area contributed by atoms with Gasteiger partial charge in [0.2, 0.25) is 0 Å². The number of rotatable bonds is 2.